The summed E-state index contributed by atoms with van der Waals surface area (Å²) in [5, 5.41) is -0.341. The first kappa shape index (κ1) is 19.9. The van der Waals surface area contributed by atoms with E-state index in [-0.39, 0.29) is 22.7 Å². The number of thioether (sulfide) groups is 1. The second-order valence-corrected chi connectivity index (χ2v) is 9.03. The Labute approximate surface area is 183 Å². The molecule has 0 bridgehead atoms. The van der Waals surface area contributed by atoms with Gasteiger partial charge >= 0.3 is 0 Å². The van der Waals surface area contributed by atoms with Gasteiger partial charge in [-0.3, -0.25) is 9.59 Å². The summed E-state index contributed by atoms with van der Waals surface area (Å²) in [4.78, 5) is 27.0. The average molecular weight is 463 g/mol. The summed E-state index contributed by atoms with van der Waals surface area (Å²) in [5.74, 6) is 0.0684. The van der Waals surface area contributed by atoms with E-state index in [1.54, 1.807) is 0 Å². The topological polar surface area (TPSA) is 34.1 Å². The number of halogens is 1. The molecular weight excluding hydrogens is 444 g/mol. The molecule has 4 rings (SSSR count). The van der Waals surface area contributed by atoms with Gasteiger partial charge in [-0.1, -0.05) is 94.8 Å². The van der Waals surface area contributed by atoms with Crippen molar-refractivity contribution in [3.63, 3.8) is 0 Å². The van der Waals surface area contributed by atoms with Crippen LogP contribution < -0.4 is 0 Å². The number of carbonyl (C=O) groups excluding carboxylic acids is 2. The lowest BCUT2D eigenvalue weighted by atomic mass is 9.87. The molecule has 2 nitrogen and oxygen atoms in total. The van der Waals surface area contributed by atoms with Crippen molar-refractivity contribution in [1.82, 2.24) is 0 Å². The van der Waals surface area contributed by atoms with Crippen molar-refractivity contribution in [2.24, 2.45) is 0 Å². The van der Waals surface area contributed by atoms with Crippen molar-refractivity contribution in [3.8, 4) is 0 Å². The second-order valence-electron chi connectivity index (χ2n) is 6.93. The predicted molar refractivity (Wildman–Crippen MR) is 123 cm³/mol. The molecule has 0 radical (unpaired) electrons. The van der Waals surface area contributed by atoms with Gasteiger partial charge in [0.15, 0.2) is 11.6 Å². The molecule has 1 heterocycles. The quantitative estimate of drug-likeness (QED) is 0.396. The fourth-order valence-electron chi connectivity index (χ4n) is 3.53. The summed E-state index contributed by atoms with van der Waals surface area (Å²) in [6.45, 7) is 0. The minimum Gasteiger partial charge on any atom is -0.293 e. The molecule has 1 aliphatic heterocycles. The summed E-state index contributed by atoms with van der Waals surface area (Å²) in [6, 6.07) is 26.7. The largest absolute Gasteiger partial charge is 0.293 e. The average Bonchev–Trinajstić information content (AvgIpc) is 2.79. The third kappa shape index (κ3) is 4.44. The standard InChI is InChI=1S/C25H19BrO2S/c26-20-13-11-17(12-14-20)21-15-16-22(23(27)18-7-3-1-4-8-18)29-25(21)24(28)19-9-5-2-6-10-19/h1-14,16,21,25H,15H2/t21-,25+/m0/s1. The fraction of sp³-hybridized carbons (Fsp3) is 0.120. The first-order valence-corrected chi connectivity index (χ1v) is 11.1. The second kappa shape index (κ2) is 8.93. The minimum absolute atomic E-state index is 0.0179. The highest BCUT2D eigenvalue weighted by Crippen LogP contribution is 2.43. The van der Waals surface area contributed by atoms with Crippen LogP contribution in [0.15, 0.2) is 100 Å². The van der Waals surface area contributed by atoms with Crippen molar-refractivity contribution in [2.45, 2.75) is 17.6 Å². The van der Waals surface area contributed by atoms with E-state index in [0.717, 1.165) is 10.0 Å². The number of carbonyl (C=O) groups is 2. The van der Waals surface area contributed by atoms with E-state index in [1.807, 2.05) is 78.9 Å². The summed E-state index contributed by atoms with van der Waals surface area (Å²) >= 11 is 4.87. The van der Waals surface area contributed by atoms with E-state index in [2.05, 4.69) is 28.1 Å². The van der Waals surface area contributed by atoms with Crippen molar-refractivity contribution in [3.05, 3.63) is 117 Å². The number of Topliss-reactive ketones (excluding diaryl/α,β-unsaturated/α-hetero) is 2. The molecule has 3 aromatic carbocycles. The maximum Gasteiger partial charge on any atom is 0.199 e. The summed E-state index contributed by atoms with van der Waals surface area (Å²) in [5.41, 5.74) is 2.44. The lowest BCUT2D eigenvalue weighted by Crippen LogP contribution is -2.29. The van der Waals surface area contributed by atoms with Crippen LogP contribution in [-0.4, -0.2) is 16.8 Å². The van der Waals surface area contributed by atoms with Crippen LogP contribution in [-0.2, 0) is 0 Å². The van der Waals surface area contributed by atoms with Gasteiger partial charge in [-0.15, -0.1) is 11.8 Å². The molecule has 0 aliphatic carbocycles. The van der Waals surface area contributed by atoms with Crippen LogP contribution in [0.3, 0.4) is 0 Å². The van der Waals surface area contributed by atoms with Gasteiger partial charge in [0.25, 0.3) is 0 Å². The molecule has 3 aromatic rings. The van der Waals surface area contributed by atoms with E-state index in [9.17, 15) is 9.59 Å². The van der Waals surface area contributed by atoms with E-state index in [4.69, 9.17) is 0 Å². The van der Waals surface area contributed by atoms with Crippen LogP contribution in [0, 0.1) is 0 Å². The molecule has 0 saturated heterocycles. The molecule has 0 N–H and O–H groups in total. The highest BCUT2D eigenvalue weighted by Gasteiger charge is 2.35. The lowest BCUT2D eigenvalue weighted by Gasteiger charge is -2.30. The van der Waals surface area contributed by atoms with Gasteiger partial charge in [-0.25, -0.2) is 0 Å². The number of hydrogen-bond acceptors (Lipinski definition) is 3. The molecular formula is C25H19BrO2S. The first-order valence-electron chi connectivity index (χ1n) is 9.45. The molecule has 0 spiro atoms. The van der Waals surface area contributed by atoms with Gasteiger partial charge in [0.2, 0.25) is 0 Å². The number of ketones is 2. The van der Waals surface area contributed by atoms with Crippen molar-refractivity contribution < 1.29 is 9.59 Å². The zero-order chi connectivity index (χ0) is 20.2. The molecule has 29 heavy (non-hydrogen) atoms. The third-order valence-electron chi connectivity index (χ3n) is 5.05. The molecule has 0 fully saturated rings. The van der Waals surface area contributed by atoms with Gasteiger partial charge < -0.3 is 0 Å². The lowest BCUT2D eigenvalue weighted by molar-refractivity contribution is 0.0980. The number of hydrogen-bond donors (Lipinski definition) is 0. The van der Waals surface area contributed by atoms with Crippen molar-refractivity contribution in [2.75, 3.05) is 0 Å². The van der Waals surface area contributed by atoms with Gasteiger partial charge in [0, 0.05) is 21.5 Å². The van der Waals surface area contributed by atoms with Crippen LogP contribution >= 0.6 is 27.7 Å². The molecule has 144 valence electrons. The Morgan fingerprint density at radius 3 is 2.00 bits per heavy atom. The normalized spacial score (nSPS) is 18.7. The number of rotatable bonds is 5. The third-order valence-corrected chi connectivity index (χ3v) is 6.98. The summed E-state index contributed by atoms with van der Waals surface area (Å²) in [6.07, 6.45) is 2.65. The monoisotopic (exact) mass is 462 g/mol. The SMILES string of the molecule is O=C(C1=CC[C@@H](c2ccc(Br)cc2)[C@H](C(=O)c2ccccc2)S1)c1ccccc1. The van der Waals surface area contributed by atoms with Crippen LogP contribution in [0.5, 0.6) is 0 Å². The van der Waals surface area contributed by atoms with Crippen molar-refractivity contribution >= 4 is 39.3 Å². The fourth-order valence-corrected chi connectivity index (χ4v) is 5.16. The molecule has 1 aliphatic rings. The first-order chi connectivity index (χ1) is 14.1. The Morgan fingerprint density at radius 2 is 1.38 bits per heavy atom. The number of allylic oxidation sites excluding steroid dienone is 2. The Morgan fingerprint density at radius 1 is 0.793 bits per heavy atom. The van der Waals surface area contributed by atoms with Gasteiger partial charge in [-0.2, -0.15) is 0 Å². The molecule has 2 atom stereocenters. The smallest absolute Gasteiger partial charge is 0.199 e. The van der Waals surface area contributed by atoms with Gasteiger partial charge in [0.1, 0.15) is 0 Å². The Balaban J connectivity index is 1.69. The zero-order valence-corrected chi connectivity index (χ0v) is 18.0. The Hall–Kier alpha value is -2.43. The van der Waals surface area contributed by atoms with Gasteiger partial charge in [0.05, 0.1) is 10.2 Å². The van der Waals surface area contributed by atoms with Crippen molar-refractivity contribution in [1.29, 1.82) is 0 Å². The molecule has 0 aromatic heterocycles. The molecule has 0 saturated carbocycles. The van der Waals surface area contributed by atoms with Crippen LogP contribution in [0.4, 0.5) is 0 Å². The maximum atomic E-state index is 13.4. The van der Waals surface area contributed by atoms with E-state index < -0.39 is 0 Å². The van der Waals surface area contributed by atoms with Crippen LogP contribution in [0.2, 0.25) is 0 Å². The molecule has 0 amide bonds. The highest BCUT2D eigenvalue weighted by molar-refractivity contribution is 9.10. The Bertz CT molecular complexity index is 1040. The Kier molecular flexibility index (Phi) is 6.12. The van der Waals surface area contributed by atoms with E-state index >= 15 is 0 Å². The minimum atomic E-state index is -0.341. The highest BCUT2D eigenvalue weighted by atomic mass is 79.9. The van der Waals surface area contributed by atoms with Crippen LogP contribution in [0.25, 0.3) is 0 Å². The summed E-state index contributed by atoms with van der Waals surface area (Å²) < 4.78 is 1.01. The predicted octanol–water partition coefficient (Wildman–Crippen LogP) is 6.69. The summed E-state index contributed by atoms with van der Waals surface area (Å²) in [7, 11) is 0. The maximum absolute atomic E-state index is 13.4. The zero-order valence-electron chi connectivity index (χ0n) is 15.6. The molecule has 0 unspecified atom stereocenters. The van der Waals surface area contributed by atoms with E-state index in [1.165, 1.54) is 11.8 Å². The van der Waals surface area contributed by atoms with Gasteiger partial charge in [-0.05, 0) is 24.1 Å². The van der Waals surface area contributed by atoms with E-state index in [0.29, 0.717) is 22.5 Å². The number of benzene rings is 3. The van der Waals surface area contributed by atoms with Crippen LogP contribution in [0.1, 0.15) is 38.6 Å². The molecule has 4 heteroatoms.